The number of benzene rings is 2. The van der Waals surface area contributed by atoms with Gasteiger partial charge in [0, 0.05) is 21.1 Å². The van der Waals surface area contributed by atoms with Gasteiger partial charge in [0.2, 0.25) is 5.91 Å². The van der Waals surface area contributed by atoms with Crippen LogP contribution in [0.2, 0.25) is 0 Å². The third-order valence-electron chi connectivity index (χ3n) is 3.95. The number of halogens is 2. The van der Waals surface area contributed by atoms with Crippen LogP contribution in [0.25, 0.3) is 11.4 Å². The van der Waals surface area contributed by atoms with Gasteiger partial charge in [0.1, 0.15) is 0 Å². The smallest absolute Gasteiger partial charge is 0.234 e. The molecule has 8 heteroatoms. The first kappa shape index (κ1) is 20.8. The van der Waals surface area contributed by atoms with E-state index in [1.165, 1.54) is 11.8 Å². The second kappa shape index (κ2) is 9.54. The van der Waals surface area contributed by atoms with Crippen molar-refractivity contribution in [2.75, 3.05) is 11.1 Å². The number of hydrogen-bond donors (Lipinski definition) is 1. The Balaban J connectivity index is 1.75. The summed E-state index contributed by atoms with van der Waals surface area (Å²) in [5, 5.41) is 12.2. The minimum absolute atomic E-state index is 0.116. The lowest BCUT2D eigenvalue weighted by atomic mass is 10.1. The van der Waals surface area contributed by atoms with Gasteiger partial charge in [-0.1, -0.05) is 58.0 Å². The Morgan fingerprint density at radius 1 is 1.25 bits per heavy atom. The van der Waals surface area contributed by atoms with E-state index in [0.717, 1.165) is 25.9 Å². The van der Waals surface area contributed by atoms with Crippen LogP contribution in [0.4, 0.5) is 5.69 Å². The summed E-state index contributed by atoms with van der Waals surface area (Å²) < 4.78 is 3.69. The van der Waals surface area contributed by atoms with E-state index in [4.69, 9.17) is 0 Å². The molecule has 0 radical (unpaired) electrons. The SMILES string of the molecule is C=CCn1c(SCC(=O)Nc2cc(Br)ccc2Br)nnc1-c1ccccc1C. The van der Waals surface area contributed by atoms with E-state index >= 15 is 0 Å². The molecular weight excluding hydrogens is 504 g/mol. The molecule has 3 aromatic rings. The van der Waals surface area contributed by atoms with Crippen molar-refractivity contribution < 1.29 is 4.79 Å². The van der Waals surface area contributed by atoms with Crippen LogP contribution in [0.5, 0.6) is 0 Å². The Bertz CT molecular complexity index is 1020. The average Bonchev–Trinajstić information content (AvgIpc) is 3.06. The maximum absolute atomic E-state index is 12.4. The monoisotopic (exact) mass is 520 g/mol. The number of amides is 1. The zero-order valence-corrected chi connectivity index (χ0v) is 19.1. The van der Waals surface area contributed by atoms with Crippen molar-refractivity contribution in [2.24, 2.45) is 0 Å². The lowest BCUT2D eigenvalue weighted by molar-refractivity contribution is -0.113. The molecule has 5 nitrogen and oxygen atoms in total. The molecule has 0 atom stereocenters. The standard InChI is InChI=1S/C20H18Br2N4OS/c1-3-10-26-19(15-7-5-4-6-13(15)2)24-25-20(26)28-12-18(27)23-17-11-14(21)8-9-16(17)22/h3-9,11H,1,10,12H2,2H3,(H,23,27). The van der Waals surface area contributed by atoms with Crippen LogP contribution in [-0.2, 0) is 11.3 Å². The molecule has 0 saturated carbocycles. The highest BCUT2D eigenvalue weighted by molar-refractivity contribution is 9.11. The fourth-order valence-electron chi connectivity index (χ4n) is 2.62. The van der Waals surface area contributed by atoms with Crippen molar-refractivity contribution in [3.63, 3.8) is 0 Å². The van der Waals surface area contributed by atoms with E-state index in [1.54, 1.807) is 6.08 Å². The van der Waals surface area contributed by atoms with Crippen molar-refractivity contribution in [3.8, 4) is 11.4 Å². The van der Waals surface area contributed by atoms with Gasteiger partial charge in [-0.25, -0.2) is 0 Å². The van der Waals surface area contributed by atoms with Gasteiger partial charge in [-0.3, -0.25) is 9.36 Å². The summed E-state index contributed by atoms with van der Waals surface area (Å²) in [6.45, 7) is 6.44. The van der Waals surface area contributed by atoms with Gasteiger partial charge in [-0.15, -0.1) is 16.8 Å². The number of nitrogens with zero attached hydrogens (tertiary/aromatic N) is 3. The molecular formula is C20H18Br2N4OS. The molecule has 1 heterocycles. The normalized spacial score (nSPS) is 10.7. The maximum atomic E-state index is 12.4. The Kier molecular flexibility index (Phi) is 7.09. The number of aryl methyl sites for hydroxylation is 1. The molecule has 28 heavy (non-hydrogen) atoms. The highest BCUT2D eigenvalue weighted by Gasteiger charge is 2.16. The van der Waals surface area contributed by atoms with Crippen molar-refractivity contribution in [1.82, 2.24) is 14.8 Å². The zero-order chi connectivity index (χ0) is 20.1. The summed E-state index contributed by atoms with van der Waals surface area (Å²) in [6, 6.07) is 13.7. The summed E-state index contributed by atoms with van der Waals surface area (Å²) in [5.74, 6) is 0.882. The Labute approximate surface area is 184 Å². The molecule has 0 bridgehead atoms. The van der Waals surface area contributed by atoms with Crippen LogP contribution < -0.4 is 5.32 Å². The number of hydrogen-bond acceptors (Lipinski definition) is 4. The van der Waals surface area contributed by atoms with E-state index < -0.39 is 0 Å². The van der Waals surface area contributed by atoms with Gasteiger partial charge in [0.05, 0.1) is 11.4 Å². The van der Waals surface area contributed by atoms with Crippen LogP contribution in [0.3, 0.4) is 0 Å². The number of anilines is 1. The highest BCUT2D eigenvalue weighted by Crippen LogP contribution is 2.28. The van der Waals surface area contributed by atoms with Crippen molar-refractivity contribution in [1.29, 1.82) is 0 Å². The van der Waals surface area contributed by atoms with Crippen LogP contribution in [-0.4, -0.2) is 26.4 Å². The van der Waals surface area contributed by atoms with Gasteiger partial charge in [0.25, 0.3) is 0 Å². The van der Waals surface area contributed by atoms with E-state index in [1.807, 2.05) is 54.0 Å². The minimum Gasteiger partial charge on any atom is -0.324 e. The number of nitrogens with one attached hydrogen (secondary N) is 1. The molecule has 1 aromatic heterocycles. The molecule has 2 aromatic carbocycles. The largest absolute Gasteiger partial charge is 0.324 e. The highest BCUT2D eigenvalue weighted by atomic mass is 79.9. The van der Waals surface area contributed by atoms with Crippen LogP contribution >= 0.6 is 43.6 Å². The number of allylic oxidation sites excluding steroid dienone is 1. The third-order valence-corrected chi connectivity index (χ3v) is 6.10. The lowest BCUT2D eigenvalue weighted by Gasteiger charge is -2.10. The summed E-state index contributed by atoms with van der Waals surface area (Å²) in [5.41, 5.74) is 2.85. The quantitative estimate of drug-likeness (QED) is 0.320. The van der Waals surface area contributed by atoms with Crippen LogP contribution in [0.1, 0.15) is 5.56 Å². The third kappa shape index (κ3) is 4.92. The first-order valence-electron chi connectivity index (χ1n) is 8.47. The van der Waals surface area contributed by atoms with Crippen LogP contribution in [0.15, 0.2) is 69.2 Å². The van der Waals surface area contributed by atoms with Crippen molar-refractivity contribution in [3.05, 3.63) is 69.6 Å². The minimum atomic E-state index is -0.116. The molecule has 0 unspecified atom stereocenters. The van der Waals surface area contributed by atoms with E-state index in [-0.39, 0.29) is 11.7 Å². The molecule has 3 rings (SSSR count). The molecule has 0 saturated heterocycles. The number of carbonyl (C=O) groups is 1. The molecule has 0 aliphatic carbocycles. The molecule has 144 valence electrons. The molecule has 0 aliphatic rings. The number of rotatable bonds is 7. The lowest BCUT2D eigenvalue weighted by Crippen LogP contribution is -2.15. The fraction of sp³-hybridized carbons (Fsp3) is 0.150. The van der Waals surface area contributed by atoms with E-state index in [9.17, 15) is 4.79 Å². The second-order valence-electron chi connectivity index (χ2n) is 5.98. The Morgan fingerprint density at radius 3 is 2.79 bits per heavy atom. The van der Waals surface area contributed by atoms with Gasteiger partial charge >= 0.3 is 0 Å². The molecule has 1 N–H and O–H groups in total. The van der Waals surface area contributed by atoms with Gasteiger partial charge in [0.15, 0.2) is 11.0 Å². The molecule has 0 fully saturated rings. The number of aromatic nitrogens is 3. The first-order chi connectivity index (χ1) is 13.5. The number of carbonyl (C=O) groups excluding carboxylic acids is 1. The molecule has 1 amide bonds. The second-order valence-corrected chi connectivity index (χ2v) is 8.69. The molecule has 0 aliphatic heterocycles. The topological polar surface area (TPSA) is 59.8 Å². The Morgan fingerprint density at radius 2 is 2.04 bits per heavy atom. The van der Waals surface area contributed by atoms with Gasteiger partial charge in [-0.2, -0.15) is 0 Å². The van der Waals surface area contributed by atoms with Crippen molar-refractivity contribution >= 4 is 55.2 Å². The fourth-order valence-corrected chi connectivity index (χ4v) is 4.08. The Hall–Kier alpha value is -1.90. The summed E-state index contributed by atoms with van der Waals surface area (Å²) >= 11 is 8.20. The predicted molar refractivity (Wildman–Crippen MR) is 122 cm³/mol. The first-order valence-corrected chi connectivity index (χ1v) is 11.0. The maximum Gasteiger partial charge on any atom is 0.234 e. The van der Waals surface area contributed by atoms with E-state index in [0.29, 0.717) is 17.4 Å². The van der Waals surface area contributed by atoms with Crippen LogP contribution in [0, 0.1) is 6.92 Å². The van der Waals surface area contributed by atoms with E-state index in [2.05, 4.69) is 54.0 Å². The summed E-state index contributed by atoms with van der Waals surface area (Å²) in [4.78, 5) is 12.4. The predicted octanol–water partition coefficient (Wildman–Crippen LogP) is 5.70. The average molecular weight is 522 g/mol. The van der Waals surface area contributed by atoms with Gasteiger partial charge in [-0.05, 0) is 46.6 Å². The van der Waals surface area contributed by atoms with Crippen molar-refractivity contribution in [2.45, 2.75) is 18.6 Å². The summed E-state index contributed by atoms with van der Waals surface area (Å²) in [6.07, 6.45) is 1.80. The number of thioether (sulfide) groups is 1. The molecule has 0 spiro atoms. The van der Waals surface area contributed by atoms with Gasteiger partial charge < -0.3 is 5.32 Å². The summed E-state index contributed by atoms with van der Waals surface area (Å²) in [7, 11) is 0. The zero-order valence-electron chi connectivity index (χ0n) is 15.2.